The fourth-order valence-corrected chi connectivity index (χ4v) is 4.83. The molecule has 0 saturated heterocycles. The van der Waals surface area contributed by atoms with Crippen LogP contribution >= 0.6 is 0 Å². The summed E-state index contributed by atoms with van der Waals surface area (Å²) in [5.41, 5.74) is 10.5. The third kappa shape index (κ3) is 5.74. The fraction of sp³-hybridized carbons (Fsp3) is 0. The number of rotatable bonds is 7. The van der Waals surface area contributed by atoms with E-state index in [4.69, 9.17) is 0 Å². The Morgan fingerprint density at radius 1 is 0.308 bits per heavy atom. The molecule has 39 heavy (non-hydrogen) atoms. The molecular formula is C38H29N. The SMILES string of the molecule is C(=Cc1ccc(N(c2ccc(-c3ccccc3)cc2)c2cccc(-c3ccccc3)c2)cc1)c1ccccc1. The standard InChI is InChI=1S/C38H29N/c1-4-11-30(12-5-1)19-20-31-21-25-36(26-22-31)39(37-27-23-34(24-28-37)32-13-6-2-7-14-32)38-18-10-17-35(29-38)33-15-8-3-9-16-33/h1-29H. The van der Waals surface area contributed by atoms with E-state index in [0.29, 0.717) is 0 Å². The van der Waals surface area contributed by atoms with Gasteiger partial charge in [0.25, 0.3) is 0 Å². The highest BCUT2D eigenvalue weighted by molar-refractivity contribution is 5.82. The van der Waals surface area contributed by atoms with Crippen molar-refractivity contribution < 1.29 is 0 Å². The van der Waals surface area contributed by atoms with Gasteiger partial charge < -0.3 is 4.90 Å². The molecule has 0 atom stereocenters. The first kappa shape index (κ1) is 24.2. The van der Waals surface area contributed by atoms with Crippen LogP contribution in [0.25, 0.3) is 34.4 Å². The number of benzene rings is 6. The number of anilines is 3. The molecule has 0 aliphatic rings. The van der Waals surface area contributed by atoms with Crippen LogP contribution in [0.4, 0.5) is 17.1 Å². The van der Waals surface area contributed by atoms with Crippen molar-refractivity contribution in [3.63, 3.8) is 0 Å². The molecule has 0 amide bonds. The lowest BCUT2D eigenvalue weighted by molar-refractivity contribution is 1.28. The second-order valence-electron chi connectivity index (χ2n) is 9.50. The molecule has 0 unspecified atom stereocenters. The molecule has 0 aromatic heterocycles. The summed E-state index contributed by atoms with van der Waals surface area (Å²) in [5.74, 6) is 0. The lowest BCUT2D eigenvalue weighted by Crippen LogP contribution is -2.10. The van der Waals surface area contributed by atoms with Gasteiger partial charge in [0, 0.05) is 17.1 Å². The third-order valence-corrected chi connectivity index (χ3v) is 6.86. The van der Waals surface area contributed by atoms with Crippen molar-refractivity contribution in [1.82, 2.24) is 0 Å². The van der Waals surface area contributed by atoms with Gasteiger partial charge in [-0.3, -0.25) is 0 Å². The van der Waals surface area contributed by atoms with Crippen molar-refractivity contribution in [1.29, 1.82) is 0 Å². The van der Waals surface area contributed by atoms with Gasteiger partial charge in [0.2, 0.25) is 0 Å². The Kier molecular flexibility index (Phi) is 7.14. The molecule has 0 radical (unpaired) electrons. The molecule has 0 aliphatic carbocycles. The molecule has 0 bridgehead atoms. The zero-order valence-electron chi connectivity index (χ0n) is 21.7. The van der Waals surface area contributed by atoms with Crippen LogP contribution in [0, 0.1) is 0 Å². The van der Waals surface area contributed by atoms with Gasteiger partial charge in [-0.25, -0.2) is 0 Å². The average Bonchev–Trinajstić information content (AvgIpc) is 3.03. The number of nitrogens with zero attached hydrogens (tertiary/aromatic N) is 1. The van der Waals surface area contributed by atoms with Crippen LogP contribution in [0.2, 0.25) is 0 Å². The number of hydrogen-bond donors (Lipinski definition) is 0. The van der Waals surface area contributed by atoms with E-state index < -0.39 is 0 Å². The first-order chi connectivity index (χ1) is 19.3. The maximum atomic E-state index is 2.33. The lowest BCUT2D eigenvalue weighted by Gasteiger charge is -2.26. The Bertz CT molecular complexity index is 1650. The van der Waals surface area contributed by atoms with Gasteiger partial charge in [-0.1, -0.05) is 140 Å². The highest BCUT2D eigenvalue weighted by atomic mass is 15.1. The van der Waals surface area contributed by atoms with Crippen molar-refractivity contribution in [2.75, 3.05) is 4.90 Å². The summed E-state index contributed by atoms with van der Waals surface area (Å²) < 4.78 is 0. The summed E-state index contributed by atoms with van der Waals surface area (Å²) in [7, 11) is 0. The first-order valence-electron chi connectivity index (χ1n) is 13.3. The molecule has 6 aromatic rings. The van der Waals surface area contributed by atoms with E-state index in [9.17, 15) is 0 Å². The minimum Gasteiger partial charge on any atom is -0.310 e. The predicted octanol–water partition coefficient (Wildman–Crippen LogP) is 10.7. The largest absolute Gasteiger partial charge is 0.310 e. The van der Waals surface area contributed by atoms with Gasteiger partial charge in [0.05, 0.1) is 0 Å². The molecule has 0 spiro atoms. The van der Waals surface area contributed by atoms with E-state index in [1.165, 1.54) is 33.4 Å². The number of hydrogen-bond acceptors (Lipinski definition) is 1. The zero-order valence-corrected chi connectivity index (χ0v) is 21.7. The van der Waals surface area contributed by atoms with Gasteiger partial charge in [-0.05, 0) is 69.8 Å². The Hall–Kier alpha value is -5.14. The van der Waals surface area contributed by atoms with Crippen molar-refractivity contribution in [2.24, 2.45) is 0 Å². The monoisotopic (exact) mass is 499 g/mol. The lowest BCUT2D eigenvalue weighted by atomic mass is 10.0. The van der Waals surface area contributed by atoms with E-state index in [2.05, 4.69) is 175 Å². The fourth-order valence-electron chi connectivity index (χ4n) is 4.83. The van der Waals surface area contributed by atoms with Crippen LogP contribution in [0.5, 0.6) is 0 Å². The normalized spacial score (nSPS) is 11.0. The first-order valence-corrected chi connectivity index (χ1v) is 13.3. The summed E-state index contributed by atoms with van der Waals surface area (Å²) in [4.78, 5) is 2.33. The Morgan fingerprint density at radius 3 is 1.33 bits per heavy atom. The van der Waals surface area contributed by atoms with E-state index in [1.807, 2.05) is 6.07 Å². The van der Waals surface area contributed by atoms with Crippen LogP contribution in [0.1, 0.15) is 11.1 Å². The van der Waals surface area contributed by atoms with Crippen LogP contribution in [-0.4, -0.2) is 0 Å². The van der Waals surface area contributed by atoms with Crippen LogP contribution in [-0.2, 0) is 0 Å². The summed E-state index contributed by atoms with van der Waals surface area (Å²) in [6.45, 7) is 0. The van der Waals surface area contributed by atoms with E-state index in [-0.39, 0.29) is 0 Å². The van der Waals surface area contributed by atoms with Gasteiger partial charge in [-0.2, -0.15) is 0 Å². The summed E-state index contributed by atoms with van der Waals surface area (Å²) in [5, 5.41) is 0. The maximum Gasteiger partial charge on any atom is 0.0467 e. The topological polar surface area (TPSA) is 3.24 Å². The molecule has 0 N–H and O–H groups in total. The quantitative estimate of drug-likeness (QED) is 0.197. The third-order valence-electron chi connectivity index (χ3n) is 6.86. The van der Waals surface area contributed by atoms with Crippen LogP contribution in [0.3, 0.4) is 0 Å². The zero-order chi connectivity index (χ0) is 26.3. The molecule has 6 rings (SSSR count). The highest BCUT2D eigenvalue weighted by Gasteiger charge is 2.14. The smallest absolute Gasteiger partial charge is 0.0467 e. The molecular weight excluding hydrogens is 470 g/mol. The predicted molar refractivity (Wildman–Crippen MR) is 167 cm³/mol. The van der Waals surface area contributed by atoms with Crippen molar-refractivity contribution in [2.45, 2.75) is 0 Å². The minimum absolute atomic E-state index is 1.12. The van der Waals surface area contributed by atoms with Gasteiger partial charge in [0.1, 0.15) is 0 Å². The van der Waals surface area contributed by atoms with Crippen LogP contribution in [0.15, 0.2) is 164 Å². The van der Waals surface area contributed by atoms with E-state index in [0.717, 1.165) is 17.1 Å². The van der Waals surface area contributed by atoms with Crippen LogP contribution < -0.4 is 4.90 Å². The van der Waals surface area contributed by atoms with Crippen molar-refractivity contribution in [3.8, 4) is 22.3 Å². The van der Waals surface area contributed by atoms with Gasteiger partial charge >= 0.3 is 0 Å². The molecule has 186 valence electrons. The maximum absolute atomic E-state index is 2.33. The van der Waals surface area contributed by atoms with Gasteiger partial charge in [0.15, 0.2) is 0 Å². The second-order valence-corrected chi connectivity index (χ2v) is 9.50. The minimum atomic E-state index is 1.12. The Morgan fingerprint density at radius 2 is 0.744 bits per heavy atom. The molecule has 0 fully saturated rings. The average molecular weight is 500 g/mol. The Balaban J connectivity index is 1.37. The van der Waals surface area contributed by atoms with Crippen molar-refractivity contribution >= 4 is 29.2 Å². The Labute approximate surface area is 231 Å². The summed E-state index contributed by atoms with van der Waals surface area (Å²) in [6.07, 6.45) is 4.31. The molecule has 0 aliphatic heterocycles. The van der Waals surface area contributed by atoms with Gasteiger partial charge in [-0.15, -0.1) is 0 Å². The second kappa shape index (κ2) is 11.5. The van der Waals surface area contributed by atoms with Crippen molar-refractivity contribution in [3.05, 3.63) is 175 Å². The molecule has 1 heteroatoms. The summed E-state index contributed by atoms with van der Waals surface area (Å²) in [6, 6.07) is 57.8. The molecule has 0 saturated carbocycles. The van der Waals surface area contributed by atoms with E-state index >= 15 is 0 Å². The molecule has 6 aromatic carbocycles. The summed E-state index contributed by atoms with van der Waals surface area (Å²) >= 11 is 0. The molecule has 0 heterocycles. The van der Waals surface area contributed by atoms with E-state index in [1.54, 1.807) is 0 Å². The molecule has 1 nitrogen and oxygen atoms in total. The highest BCUT2D eigenvalue weighted by Crippen LogP contribution is 2.37.